The Morgan fingerprint density at radius 3 is 2.74 bits per heavy atom. The van der Waals surface area contributed by atoms with Crippen LogP contribution in [0.15, 0.2) is 12.4 Å². The molecule has 0 spiro atoms. The van der Waals surface area contributed by atoms with Crippen LogP contribution in [0.1, 0.15) is 52.1 Å². The molecule has 2 unspecified atom stereocenters. The van der Waals surface area contributed by atoms with E-state index in [4.69, 9.17) is 0 Å². The van der Waals surface area contributed by atoms with Crippen LogP contribution in [0.2, 0.25) is 0 Å². The summed E-state index contributed by atoms with van der Waals surface area (Å²) < 4.78 is 1.91. The van der Waals surface area contributed by atoms with Crippen molar-refractivity contribution in [2.24, 2.45) is 0 Å². The van der Waals surface area contributed by atoms with Gasteiger partial charge in [-0.05, 0) is 27.2 Å². The Labute approximate surface area is 115 Å². The summed E-state index contributed by atoms with van der Waals surface area (Å²) in [5.41, 5.74) is 1.16. The van der Waals surface area contributed by atoms with Gasteiger partial charge in [-0.15, -0.1) is 0 Å². The van der Waals surface area contributed by atoms with E-state index in [9.17, 15) is 4.79 Å². The number of nitrogens with zero attached hydrogens (tertiary/aromatic N) is 2. The second-order valence-corrected chi connectivity index (χ2v) is 4.93. The van der Waals surface area contributed by atoms with Gasteiger partial charge in [0.05, 0.1) is 6.20 Å². The van der Waals surface area contributed by atoms with Gasteiger partial charge in [0.15, 0.2) is 0 Å². The maximum atomic E-state index is 11.6. The molecule has 0 aliphatic heterocycles. The summed E-state index contributed by atoms with van der Waals surface area (Å²) >= 11 is 0. The van der Waals surface area contributed by atoms with Gasteiger partial charge < -0.3 is 10.6 Å². The number of aryl methyl sites for hydroxylation is 1. The van der Waals surface area contributed by atoms with Crippen molar-refractivity contribution in [3.63, 3.8) is 0 Å². The first-order valence-corrected chi connectivity index (χ1v) is 7.11. The summed E-state index contributed by atoms with van der Waals surface area (Å²) in [6.07, 6.45) is 5.39. The molecule has 1 aromatic heterocycles. The van der Waals surface area contributed by atoms with Gasteiger partial charge in [0.25, 0.3) is 0 Å². The summed E-state index contributed by atoms with van der Waals surface area (Å²) in [5.74, 6) is 0.110. The van der Waals surface area contributed by atoms with Gasteiger partial charge >= 0.3 is 0 Å². The van der Waals surface area contributed by atoms with Crippen molar-refractivity contribution < 1.29 is 4.79 Å². The Hall–Kier alpha value is -1.36. The average molecular weight is 266 g/mol. The van der Waals surface area contributed by atoms with Crippen molar-refractivity contribution in [2.75, 3.05) is 6.54 Å². The van der Waals surface area contributed by atoms with E-state index < -0.39 is 0 Å². The molecule has 0 aliphatic carbocycles. The van der Waals surface area contributed by atoms with E-state index in [1.54, 1.807) is 0 Å². The summed E-state index contributed by atoms with van der Waals surface area (Å²) in [4.78, 5) is 11.6. The van der Waals surface area contributed by atoms with Crippen LogP contribution < -0.4 is 10.6 Å². The topological polar surface area (TPSA) is 59.0 Å². The van der Waals surface area contributed by atoms with E-state index >= 15 is 0 Å². The zero-order valence-corrected chi connectivity index (χ0v) is 12.4. The van der Waals surface area contributed by atoms with Crippen LogP contribution >= 0.6 is 0 Å². The first-order chi connectivity index (χ1) is 9.06. The lowest BCUT2D eigenvalue weighted by atomic mass is 10.2. The van der Waals surface area contributed by atoms with E-state index in [1.807, 2.05) is 24.0 Å². The van der Waals surface area contributed by atoms with Gasteiger partial charge in [-0.3, -0.25) is 9.48 Å². The van der Waals surface area contributed by atoms with Crippen molar-refractivity contribution in [3.05, 3.63) is 18.0 Å². The lowest BCUT2D eigenvalue weighted by Gasteiger charge is -2.14. The predicted molar refractivity (Wildman–Crippen MR) is 76.8 cm³/mol. The van der Waals surface area contributed by atoms with Crippen LogP contribution in [-0.2, 0) is 11.3 Å². The monoisotopic (exact) mass is 266 g/mol. The van der Waals surface area contributed by atoms with Gasteiger partial charge in [0, 0.05) is 43.4 Å². The number of nitrogens with one attached hydrogen (secondary N) is 2. The molecule has 0 radical (unpaired) electrons. The normalized spacial score (nSPS) is 14.1. The number of carbonyl (C=O) groups excluding carboxylic acids is 1. The van der Waals surface area contributed by atoms with Crippen LogP contribution in [-0.4, -0.2) is 28.3 Å². The minimum Gasteiger partial charge on any atom is -0.354 e. The van der Waals surface area contributed by atoms with Gasteiger partial charge in [0.1, 0.15) is 0 Å². The van der Waals surface area contributed by atoms with Crippen molar-refractivity contribution in [2.45, 2.75) is 59.2 Å². The SMILES string of the molecule is CCC(C)NC(=O)CCNC(C)c1cnn(CC)c1. The third-order valence-corrected chi connectivity index (χ3v) is 3.30. The molecule has 0 aromatic carbocycles. The predicted octanol–water partition coefficient (Wildman–Crippen LogP) is 1.86. The average Bonchev–Trinajstić information content (AvgIpc) is 2.87. The summed E-state index contributed by atoms with van der Waals surface area (Å²) in [5, 5.41) is 10.6. The number of hydrogen-bond acceptors (Lipinski definition) is 3. The fourth-order valence-electron chi connectivity index (χ4n) is 1.75. The molecule has 0 bridgehead atoms. The molecule has 5 heteroatoms. The molecule has 2 atom stereocenters. The molecule has 0 saturated heterocycles. The Morgan fingerprint density at radius 2 is 2.16 bits per heavy atom. The zero-order valence-electron chi connectivity index (χ0n) is 12.4. The minimum atomic E-state index is 0.110. The smallest absolute Gasteiger partial charge is 0.221 e. The summed E-state index contributed by atoms with van der Waals surface area (Å²) in [6.45, 7) is 9.80. The first-order valence-electron chi connectivity index (χ1n) is 7.11. The van der Waals surface area contributed by atoms with Gasteiger partial charge in [-0.2, -0.15) is 5.10 Å². The molecule has 0 saturated carbocycles. The molecule has 0 fully saturated rings. The minimum absolute atomic E-state index is 0.110. The highest BCUT2D eigenvalue weighted by molar-refractivity contribution is 5.76. The quantitative estimate of drug-likeness (QED) is 0.755. The Bertz CT molecular complexity index is 389. The first kappa shape index (κ1) is 15.7. The van der Waals surface area contributed by atoms with E-state index in [2.05, 4.69) is 36.5 Å². The van der Waals surface area contributed by atoms with Gasteiger partial charge in [0.2, 0.25) is 5.91 Å². The second kappa shape index (κ2) is 7.94. The van der Waals surface area contributed by atoms with Crippen LogP contribution in [0.5, 0.6) is 0 Å². The molecule has 5 nitrogen and oxygen atoms in total. The third kappa shape index (κ3) is 5.42. The highest BCUT2D eigenvalue weighted by Gasteiger charge is 2.09. The van der Waals surface area contributed by atoms with E-state index in [0.717, 1.165) is 18.5 Å². The van der Waals surface area contributed by atoms with E-state index in [1.165, 1.54) is 0 Å². The highest BCUT2D eigenvalue weighted by Crippen LogP contribution is 2.10. The van der Waals surface area contributed by atoms with E-state index in [0.29, 0.717) is 13.0 Å². The number of aromatic nitrogens is 2. The lowest BCUT2D eigenvalue weighted by molar-refractivity contribution is -0.121. The number of hydrogen-bond donors (Lipinski definition) is 2. The molecule has 19 heavy (non-hydrogen) atoms. The Kier molecular flexibility index (Phi) is 6.56. The zero-order chi connectivity index (χ0) is 14.3. The van der Waals surface area contributed by atoms with Crippen LogP contribution in [0, 0.1) is 0 Å². The molecule has 1 aromatic rings. The molecule has 1 heterocycles. The van der Waals surface area contributed by atoms with Crippen molar-refractivity contribution in [1.29, 1.82) is 0 Å². The van der Waals surface area contributed by atoms with Crippen LogP contribution in [0.25, 0.3) is 0 Å². The highest BCUT2D eigenvalue weighted by atomic mass is 16.1. The molecule has 108 valence electrons. The second-order valence-electron chi connectivity index (χ2n) is 4.93. The third-order valence-electron chi connectivity index (χ3n) is 3.30. The summed E-state index contributed by atoms with van der Waals surface area (Å²) in [6, 6.07) is 0.476. The fraction of sp³-hybridized carbons (Fsp3) is 0.714. The van der Waals surface area contributed by atoms with Gasteiger partial charge in [-0.1, -0.05) is 6.92 Å². The van der Waals surface area contributed by atoms with Crippen LogP contribution in [0.3, 0.4) is 0 Å². The fourth-order valence-corrected chi connectivity index (χ4v) is 1.75. The van der Waals surface area contributed by atoms with Crippen molar-refractivity contribution >= 4 is 5.91 Å². The summed E-state index contributed by atoms with van der Waals surface area (Å²) in [7, 11) is 0. The lowest BCUT2D eigenvalue weighted by Crippen LogP contribution is -2.34. The Balaban J connectivity index is 2.26. The molecular weight excluding hydrogens is 240 g/mol. The van der Waals surface area contributed by atoms with Crippen molar-refractivity contribution in [3.8, 4) is 0 Å². The van der Waals surface area contributed by atoms with Gasteiger partial charge in [-0.25, -0.2) is 0 Å². The largest absolute Gasteiger partial charge is 0.354 e. The molecule has 0 aliphatic rings. The molecule has 1 rings (SSSR count). The maximum absolute atomic E-state index is 11.6. The number of rotatable bonds is 8. The van der Waals surface area contributed by atoms with Crippen LogP contribution in [0.4, 0.5) is 0 Å². The van der Waals surface area contributed by atoms with Crippen molar-refractivity contribution in [1.82, 2.24) is 20.4 Å². The Morgan fingerprint density at radius 1 is 1.42 bits per heavy atom. The maximum Gasteiger partial charge on any atom is 0.221 e. The molecule has 1 amide bonds. The van der Waals surface area contributed by atoms with E-state index in [-0.39, 0.29) is 18.0 Å². The standard InChI is InChI=1S/C14H26N4O/c1-5-11(3)17-14(19)7-8-15-12(4)13-9-16-18(6-2)10-13/h9-12,15H,5-8H2,1-4H3,(H,17,19). The molecule has 2 N–H and O–H groups in total. The number of carbonyl (C=O) groups is 1. The number of amides is 1. The molecular formula is C14H26N4O.